The molecule has 0 aliphatic carbocycles. The van der Waals surface area contributed by atoms with E-state index in [1.165, 1.54) is 25.7 Å². The molecule has 2 heterocycles. The van der Waals surface area contributed by atoms with E-state index in [4.69, 9.17) is 0 Å². The zero-order valence-corrected chi connectivity index (χ0v) is 6.66. The molecule has 0 amide bonds. The van der Waals surface area contributed by atoms with Gasteiger partial charge >= 0.3 is 0 Å². The summed E-state index contributed by atoms with van der Waals surface area (Å²) in [5.74, 6) is 0. The van der Waals surface area contributed by atoms with Gasteiger partial charge in [-0.3, -0.25) is 0 Å². The van der Waals surface area contributed by atoms with E-state index in [1.807, 2.05) is 11.9 Å². The van der Waals surface area contributed by atoms with Gasteiger partial charge in [0.2, 0.25) is 0 Å². The molecule has 2 bridgehead atoms. The summed E-state index contributed by atoms with van der Waals surface area (Å²) in [5.41, 5.74) is 0. The number of hydrogen-bond acceptors (Lipinski definition) is 2. The van der Waals surface area contributed by atoms with E-state index in [1.54, 1.807) is 0 Å². The Morgan fingerprint density at radius 1 is 1.11 bits per heavy atom. The zero-order valence-electron chi connectivity index (χ0n) is 5.84. The van der Waals surface area contributed by atoms with E-state index in [-0.39, 0.29) is 0 Å². The van der Waals surface area contributed by atoms with Gasteiger partial charge in [0, 0.05) is 12.1 Å². The van der Waals surface area contributed by atoms with Crippen LogP contribution in [0.4, 0.5) is 0 Å². The van der Waals surface area contributed by atoms with E-state index in [9.17, 15) is 0 Å². The van der Waals surface area contributed by atoms with Crippen molar-refractivity contribution in [2.45, 2.75) is 37.8 Å². The van der Waals surface area contributed by atoms with Crippen LogP contribution < -0.4 is 0 Å². The van der Waals surface area contributed by atoms with Gasteiger partial charge in [-0.2, -0.15) is 0 Å². The fraction of sp³-hybridized carbons (Fsp3) is 1.00. The molecule has 52 valence electrons. The third kappa shape index (κ3) is 0.802. The molecule has 2 aliphatic heterocycles. The maximum atomic E-state index is 2.60. The van der Waals surface area contributed by atoms with Gasteiger partial charge in [0.05, 0.1) is 0 Å². The number of nitrogens with zero attached hydrogens (tertiary/aromatic N) is 1. The first-order valence-electron chi connectivity index (χ1n) is 3.74. The summed E-state index contributed by atoms with van der Waals surface area (Å²) in [7, 11) is 0. The molecule has 0 aromatic heterocycles. The third-order valence-corrected chi connectivity index (χ3v) is 3.61. The van der Waals surface area contributed by atoms with Crippen LogP contribution in [0.1, 0.15) is 25.7 Å². The number of rotatable bonds is 1. The molecule has 1 nitrogen and oxygen atoms in total. The topological polar surface area (TPSA) is 3.24 Å². The second kappa shape index (κ2) is 2.17. The summed E-state index contributed by atoms with van der Waals surface area (Å²) in [5, 5.41) is 0. The Morgan fingerprint density at radius 3 is 1.78 bits per heavy atom. The second-order valence-electron chi connectivity index (χ2n) is 3.00. The summed E-state index contributed by atoms with van der Waals surface area (Å²) in [6, 6.07) is 1.90. The largest absolute Gasteiger partial charge is 0.245 e. The van der Waals surface area contributed by atoms with Crippen molar-refractivity contribution < 1.29 is 0 Å². The molecule has 0 radical (unpaired) electrons. The minimum atomic E-state index is 0.949. The van der Waals surface area contributed by atoms with Crippen LogP contribution >= 0.6 is 11.9 Å². The molecule has 0 N–H and O–H groups in total. The van der Waals surface area contributed by atoms with E-state index < -0.39 is 0 Å². The average Bonchev–Trinajstić information content (AvgIpc) is 2.44. The molecular weight excluding hydrogens is 130 g/mol. The van der Waals surface area contributed by atoms with Gasteiger partial charge in [-0.1, -0.05) is 11.9 Å². The van der Waals surface area contributed by atoms with Crippen molar-refractivity contribution in [1.29, 1.82) is 0 Å². The van der Waals surface area contributed by atoms with Crippen molar-refractivity contribution >= 4 is 11.9 Å². The van der Waals surface area contributed by atoms with Crippen LogP contribution in [0.2, 0.25) is 0 Å². The van der Waals surface area contributed by atoms with Gasteiger partial charge < -0.3 is 0 Å². The summed E-state index contributed by atoms with van der Waals surface area (Å²) in [4.78, 5) is 0. The first-order chi connectivity index (χ1) is 4.42. The Bertz CT molecular complexity index is 95.5. The SMILES string of the molecule is CSN1C2CCC1CC2. The molecule has 0 spiro atoms. The fourth-order valence-electron chi connectivity index (χ4n) is 2.16. The highest BCUT2D eigenvalue weighted by atomic mass is 32.2. The Morgan fingerprint density at radius 2 is 1.56 bits per heavy atom. The maximum Gasteiger partial charge on any atom is 0.0206 e. The molecule has 0 aromatic rings. The van der Waals surface area contributed by atoms with E-state index in [0.717, 1.165) is 12.1 Å². The van der Waals surface area contributed by atoms with Gasteiger partial charge in [0.1, 0.15) is 0 Å². The summed E-state index contributed by atoms with van der Waals surface area (Å²) in [6.45, 7) is 0. The van der Waals surface area contributed by atoms with Crippen LogP contribution in [0, 0.1) is 0 Å². The van der Waals surface area contributed by atoms with Gasteiger partial charge in [-0.05, 0) is 31.9 Å². The van der Waals surface area contributed by atoms with Crippen LogP contribution in [-0.4, -0.2) is 22.6 Å². The molecule has 2 fully saturated rings. The Kier molecular flexibility index (Phi) is 1.46. The van der Waals surface area contributed by atoms with Crippen LogP contribution in [0.5, 0.6) is 0 Å². The average molecular weight is 143 g/mol. The minimum Gasteiger partial charge on any atom is -0.245 e. The molecule has 2 saturated heterocycles. The highest BCUT2D eigenvalue weighted by Crippen LogP contribution is 2.40. The van der Waals surface area contributed by atoms with Gasteiger partial charge in [0.15, 0.2) is 0 Å². The standard InChI is InChI=1S/C7H13NS/c1-9-8-6-2-3-7(8)5-4-6/h6-7H,2-5H2,1H3. The monoisotopic (exact) mass is 143 g/mol. The highest BCUT2D eigenvalue weighted by Gasteiger charge is 2.38. The zero-order chi connectivity index (χ0) is 6.27. The summed E-state index contributed by atoms with van der Waals surface area (Å²) < 4.78 is 2.60. The predicted octanol–water partition coefficient (Wildman–Crippen LogP) is 1.89. The lowest BCUT2D eigenvalue weighted by Gasteiger charge is -2.16. The summed E-state index contributed by atoms with van der Waals surface area (Å²) >= 11 is 1.94. The molecule has 2 aliphatic rings. The third-order valence-electron chi connectivity index (χ3n) is 2.60. The lowest BCUT2D eigenvalue weighted by molar-refractivity contribution is 0.456. The van der Waals surface area contributed by atoms with Crippen LogP contribution in [0.3, 0.4) is 0 Å². The van der Waals surface area contributed by atoms with Gasteiger partial charge in [0.25, 0.3) is 0 Å². The first kappa shape index (κ1) is 6.05. The van der Waals surface area contributed by atoms with Crippen LogP contribution in [-0.2, 0) is 0 Å². The lowest BCUT2D eigenvalue weighted by Crippen LogP contribution is -2.19. The summed E-state index contributed by atoms with van der Waals surface area (Å²) in [6.07, 6.45) is 8.06. The smallest absolute Gasteiger partial charge is 0.0206 e. The van der Waals surface area contributed by atoms with E-state index >= 15 is 0 Å². The molecule has 2 heteroatoms. The van der Waals surface area contributed by atoms with E-state index in [0.29, 0.717) is 0 Å². The van der Waals surface area contributed by atoms with Crippen molar-refractivity contribution in [3.8, 4) is 0 Å². The minimum absolute atomic E-state index is 0.949. The maximum absolute atomic E-state index is 2.60. The first-order valence-corrected chi connectivity index (χ1v) is 4.92. The fourth-order valence-corrected chi connectivity index (χ4v) is 3.18. The normalized spacial score (nSPS) is 42.3. The second-order valence-corrected chi connectivity index (χ2v) is 3.79. The lowest BCUT2D eigenvalue weighted by atomic mass is 10.0. The van der Waals surface area contributed by atoms with Crippen molar-refractivity contribution in [3.63, 3.8) is 0 Å². The quantitative estimate of drug-likeness (QED) is 0.516. The van der Waals surface area contributed by atoms with E-state index in [2.05, 4.69) is 10.6 Å². The molecule has 0 aromatic carbocycles. The molecule has 2 rings (SSSR count). The van der Waals surface area contributed by atoms with Crippen LogP contribution in [0.15, 0.2) is 0 Å². The van der Waals surface area contributed by atoms with Crippen molar-refractivity contribution in [2.24, 2.45) is 0 Å². The molecule has 0 saturated carbocycles. The Labute approximate surface area is 60.9 Å². The molecule has 0 unspecified atom stereocenters. The Hall–Kier alpha value is 0.310. The van der Waals surface area contributed by atoms with Gasteiger partial charge in [-0.25, -0.2) is 4.31 Å². The number of hydrogen-bond donors (Lipinski definition) is 0. The number of fused-ring (bicyclic) bond motifs is 2. The molecular formula is C7H13NS. The van der Waals surface area contributed by atoms with Crippen molar-refractivity contribution in [1.82, 2.24) is 4.31 Å². The van der Waals surface area contributed by atoms with Crippen molar-refractivity contribution in [3.05, 3.63) is 0 Å². The molecule has 9 heavy (non-hydrogen) atoms. The predicted molar refractivity (Wildman–Crippen MR) is 41.4 cm³/mol. The Balaban J connectivity index is 2.08. The molecule has 0 atom stereocenters. The van der Waals surface area contributed by atoms with Crippen molar-refractivity contribution in [2.75, 3.05) is 6.26 Å². The van der Waals surface area contributed by atoms with Gasteiger partial charge in [-0.15, -0.1) is 0 Å². The highest BCUT2D eigenvalue weighted by molar-refractivity contribution is 7.96. The van der Waals surface area contributed by atoms with Crippen LogP contribution in [0.25, 0.3) is 0 Å².